The Hall–Kier alpha value is -2.10. The Morgan fingerprint density at radius 2 is 2.07 bits per heavy atom. The van der Waals surface area contributed by atoms with Crippen LogP contribution in [0.25, 0.3) is 0 Å². The number of guanidine groups is 1. The van der Waals surface area contributed by atoms with E-state index in [0.717, 1.165) is 23.4 Å². The molecule has 1 heterocycles. The van der Waals surface area contributed by atoms with Crippen molar-refractivity contribution in [2.75, 3.05) is 26.0 Å². The van der Waals surface area contributed by atoms with Crippen LogP contribution < -0.4 is 10.6 Å². The molecule has 8 heteroatoms. The zero-order chi connectivity index (χ0) is 20.7. The highest BCUT2D eigenvalue weighted by Gasteiger charge is 2.15. The van der Waals surface area contributed by atoms with E-state index in [9.17, 15) is 4.79 Å². The van der Waals surface area contributed by atoms with Gasteiger partial charge in [-0.25, -0.2) is 0 Å². The van der Waals surface area contributed by atoms with Crippen molar-refractivity contribution >= 4 is 41.5 Å². The zero-order valence-electron chi connectivity index (χ0n) is 18.2. The van der Waals surface area contributed by atoms with Crippen molar-refractivity contribution in [2.45, 2.75) is 39.7 Å². The summed E-state index contributed by atoms with van der Waals surface area (Å²) in [7, 11) is 5.60. The van der Waals surface area contributed by atoms with E-state index in [1.54, 1.807) is 7.05 Å². The number of amides is 1. The average Bonchev–Trinajstić information content (AvgIpc) is 3.02. The Kier molecular flexibility index (Phi) is 10.1. The molecule has 0 spiro atoms. The lowest BCUT2D eigenvalue weighted by Crippen LogP contribution is -2.42. The van der Waals surface area contributed by atoms with Crippen LogP contribution in [0, 0.1) is 0 Å². The number of nitrogens with zero attached hydrogens (tertiary/aromatic N) is 4. The predicted molar refractivity (Wildman–Crippen MR) is 130 cm³/mol. The molecule has 0 aliphatic heterocycles. The van der Waals surface area contributed by atoms with Crippen molar-refractivity contribution in [3.63, 3.8) is 0 Å². The molecule has 0 saturated carbocycles. The Balaban J connectivity index is 0.00000420. The van der Waals surface area contributed by atoms with Crippen molar-refractivity contribution in [3.8, 4) is 0 Å². The normalized spacial score (nSPS) is 11.2. The predicted octanol–water partition coefficient (Wildman–Crippen LogP) is 3.37. The Morgan fingerprint density at radius 1 is 1.34 bits per heavy atom. The second-order valence-corrected chi connectivity index (χ2v) is 7.23. The summed E-state index contributed by atoms with van der Waals surface area (Å²) in [6.45, 7) is 7.18. The highest BCUT2D eigenvalue weighted by atomic mass is 127. The van der Waals surface area contributed by atoms with Gasteiger partial charge in [0.15, 0.2) is 5.96 Å². The van der Waals surface area contributed by atoms with Crippen LogP contribution in [0.5, 0.6) is 0 Å². The first-order valence-electron chi connectivity index (χ1n) is 9.67. The first kappa shape index (κ1) is 24.9. The number of aromatic nitrogens is 2. The number of rotatable bonds is 7. The molecule has 2 aromatic rings. The van der Waals surface area contributed by atoms with Gasteiger partial charge in [0.1, 0.15) is 0 Å². The van der Waals surface area contributed by atoms with Crippen LogP contribution >= 0.6 is 24.0 Å². The van der Waals surface area contributed by atoms with Gasteiger partial charge in [0, 0.05) is 45.1 Å². The smallest absolute Gasteiger partial charge is 0.243 e. The van der Waals surface area contributed by atoms with Gasteiger partial charge in [0.05, 0.1) is 12.2 Å². The van der Waals surface area contributed by atoms with Gasteiger partial charge in [-0.2, -0.15) is 5.10 Å². The maximum atomic E-state index is 12.3. The summed E-state index contributed by atoms with van der Waals surface area (Å²) < 4.78 is 1.84. The summed E-state index contributed by atoms with van der Waals surface area (Å²) in [6, 6.07) is 7.89. The van der Waals surface area contributed by atoms with E-state index >= 15 is 0 Å². The first-order chi connectivity index (χ1) is 13.3. The van der Waals surface area contributed by atoms with E-state index in [1.165, 1.54) is 5.56 Å². The largest absolute Gasteiger partial charge is 0.347 e. The summed E-state index contributed by atoms with van der Waals surface area (Å²) in [4.78, 5) is 18.6. The number of anilines is 1. The van der Waals surface area contributed by atoms with E-state index in [1.807, 2.05) is 48.1 Å². The molecule has 160 valence electrons. The number of hydrogen-bond acceptors (Lipinski definition) is 3. The van der Waals surface area contributed by atoms with Crippen molar-refractivity contribution < 1.29 is 4.79 Å². The maximum Gasteiger partial charge on any atom is 0.243 e. The van der Waals surface area contributed by atoms with E-state index in [4.69, 9.17) is 0 Å². The van der Waals surface area contributed by atoms with Gasteiger partial charge in [-0.3, -0.25) is 14.5 Å². The number of carbonyl (C=O) groups is 1. The van der Waals surface area contributed by atoms with Crippen molar-refractivity contribution in [3.05, 3.63) is 47.3 Å². The van der Waals surface area contributed by atoms with E-state index < -0.39 is 0 Å². The lowest BCUT2D eigenvalue weighted by molar-refractivity contribution is -0.115. The molecule has 1 aromatic heterocycles. The third kappa shape index (κ3) is 7.34. The summed E-state index contributed by atoms with van der Waals surface area (Å²) in [6.07, 6.45) is 2.97. The van der Waals surface area contributed by atoms with Crippen LogP contribution in [0.1, 0.15) is 43.5 Å². The fraction of sp³-hybridized carbons (Fsp3) is 0.476. The minimum absolute atomic E-state index is 0. The van der Waals surface area contributed by atoms with Crippen molar-refractivity contribution in [1.29, 1.82) is 0 Å². The fourth-order valence-electron chi connectivity index (χ4n) is 3.11. The Labute approximate surface area is 191 Å². The van der Waals surface area contributed by atoms with Crippen LogP contribution in [-0.4, -0.2) is 47.2 Å². The van der Waals surface area contributed by atoms with E-state index in [-0.39, 0.29) is 36.4 Å². The molecular weight excluding hydrogens is 479 g/mol. The van der Waals surface area contributed by atoms with Crippen LogP contribution in [0.3, 0.4) is 0 Å². The molecule has 0 unspecified atom stereocenters. The summed E-state index contributed by atoms with van der Waals surface area (Å²) in [5, 5.41) is 10.6. The lowest BCUT2D eigenvalue weighted by Gasteiger charge is -2.22. The van der Waals surface area contributed by atoms with Gasteiger partial charge in [-0.05, 0) is 30.0 Å². The van der Waals surface area contributed by atoms with Crippen LogP contribution in [-0.2, 0) is 24.8 Å². The van der Waals surface area contributed by atoms with Gasteiger partial charge in [0.25, 0.3) is 0 Å². The number of benzene rings is 1. The summed E-state index contributed by atoms with van der Waals surface area (Å²) in [5.74, 6) is 0.910. The topological polar surface area (TPSA) is 74.6 Å². The Bertz CT molecular complexity index is 830. The second kappa shape index (κ2) is 11.8. The van der Waals surface area contributed by atoms with Gasteiger partial charge in [-0.15, -0.1) is 24.0 Å². The molecule has 1 amide bonds. The van der Waals surface area contributed by atoms with Crippen LogP contribution in [0.15, 0.2) is 35.5 Å². The minimum Gasteiger partial charge on any atom is -0.347 e. The van der Waals surface area contributed by atoms with Gasteiger partial charge in [0.2, 0.25) is 5.91 Å². The fourth-order valence-corrected chi connectivity index (χ4v) is 3.11. The molecule has 0 aliphatic rings. The standard InChI is InChI=1S/C21H32N6O.HI/c1-7-16-9-8-10-18(11-16)24-19(28)12-23-21(22-4)26(5)13-17-14-27(6)25-20(17)15(2)3;/h8-11,14-15H,7,12-13H2,1-6H3,(H,22,23)(H,24,28);1H. The quantitative estimate of drug-likeness (QED) is 0.339. The number of aryl methyl sites for hydroxylation is 2. The van der Waals surface area contributed by atoms with Gasteiger partial charge < -0.3 is 15.5 Å². The summed E-state index contributed by atoms with van der Waals surface area (Å²) in [5.41, 5.74) is 4.24. The minimum atomic E-state index is -0.105. The second-order valence-electron chi connectivity index (χ2n) is 7.23. The van der Waals surface area contributed by atoms with E-state index in [2.05, 4.69) is 47.6 Å². The first-order valence-corrected chi connectivity index (χ1v) is 9.67. The number of nitrogens with one attached hydrogen (secondary N) is 2. The van der Waals surface area contributed by atoms with Gasteiger partial charge >= 0.3 is 0 Å². The average molecular weight is 512 g/mol. The van der Waals surface area contributed by atoms with Crippen LogP contribution in [0.4, 0.5) is 5.69 Å². The molecule has 7 nitrogen and oxygen atoms in total. The highest BCUT2D eigenvalue weighted by molar-refractivity contribution is 14.0. The molecule has 0 radical (unpaired) electrons. The molecule has 2 rings (SSSR count). The SMILES string of the molecule is CCc1cccc(NC(=O)CNC(=NC)N(C)Cc2cn(C)nc2C(C)C)c1.I. The molecule has 2 N–H and O–H groups in total. The molecule has 0 bridgehead atoms. The molecular formula is C21H33IN6O. The van der Waals surface area contributed by atoms with E-state index in [0.29, 0.717) is 18.4 Å². The monoisotopic (exact) mass is 512 g/mol. The van der Waals surface area contributed by atoms with Crippen LogP contribution in [0.2, 0.25) is 0 Å². The summed E-state index contributed by atoms with van der Waals surface area (Å²) >= 11 is 0. The molecule has 29 heavy (non-hydrogen) atoms. The Morgan fingerprint density at radius 3 is 2.69 bits per heavy atom. The zero-order valence-corrected chi connectivity index (χ0v) is 20.5. The number of hydrogen-bond donors (Lipinski definition) is 2. The maximum absolute atomic E-state index is 12.3. The van der Waals surface area contributed by atoms with Gasteiger partial charge in [-0.1, -0.05) is 32.9 Å². The lowest BCUT2D eigenvalue weighted by atomic mass is 10.1. The number of aliphatic imine (C=N–C) groups is 1. The van der Waals surface area contributed by atoms with Crippen molar-refractivity contribution in [2.24, 2.45) is 12.0 Å². The molecule has 0 fully saturated rings. The third-order valence-corrected chi connectivity index (χ3v) is 4.49. The third-order valence-electron chi connectivity index (χ3n) is 4.49. The number of halogens is 1. The van der Waals surface area contributed by atoms with Crippen molar-refractivity contribution in [1.82, 2.24) is 20.0 Å². The number of carbonyl (C=O) groups excluding carboxylic acids is 1. The molecule has 0 aliphatic carbocycles. The molecule has 0 saturated heterocycles. The molecule has 0 atom stereocenters. The highest BCUT2D eigenvalue weighted by Crippen LogP contribution is 2.18. The molecule has 1 aromatic carbocycles.